The highest BCUT2D eigenvalue weighted by molar-refractivity contribution is 5.86. The van der Waals surface area contributed by atoms with E-state index < -0.39 is 12.3 Å². The van der Waals surface area contributed by atoms with Crippen LogP contribution < -0.4 is 0 Å². The van der Waals surface area contributed by atoms with Gasteiger partial charge in [0.2, 0.25) is 12.1 Å². The Morgan fingerprint density at radius 2 is 1.64 bits per heavy atom. The van der Waals surface area contributed by atoms with Gasteiger partial charge in [-0.25, -0.2) is 4.79 Å². The van der Waals surface area contributed by atoms with Crippen molar-refractivity contribution in [2.75, 3.05) is 0 Å². The minimum absolute atomic E-state index is 0.166. The molecule has 4 heteroatoms. The molecule has 4 nitrogen and oxygen atoms in total. The Balaban J connectivity index is 1.90. The highest BCUT2D eigenvalue weighted by Crippen LogP contribution is 2.33. The molecular formula is C18H17NO3. The van der Waals surface area contributed by atoms with Gasteiger partial charge in [-0.05, 0) is 5.56 Å². The predicted octanol–water partition coefficient (Wildman–Crippen LogP) is 2.70. The van der Waals surface area contributed by atoms with Gasteiger partial charge in [-0.15, -0.1) is 0 Å². The van der Waals surface area contributed by atoms with Crippen molar-refractivity contribution in [3.05, 3.63) is 71.8 Å². The third-order valence-electron chi connectivity index (χ3n) is 3.81. The number of cyclic esters (lactones) is 1. The van der Waals surface area contributed by atoms with Crippen LogP contribution in [0.25, 0.3) is 0 Å². The standard InChI is InChI=1S/C18H17NO3/c1-13(20)19-16(12-14-8-4-2-5-9-14)18(21)22-17(19)15-10-6-3-7-11-15/h2-11,16-17H,12H2,1H3/t16-,17+/m1/s1. The lowest BCUT2D eigenvalue weighted by Gasteiger charge is -2.25. The molecule has 1 aliphatic heterocycles. The number of hydrogen-bond acceptors (Lipinski definition) is 3. The molecule has 0 N–H and O–H groups in total. The molecule has 2 atom stereocenters. The molecule has 1 heterocycles. The van der Waals surface area contributed by atoms with Crippen molar-refractivity contribution in [1.29, 1.82) is 0 Å². The fourth-order valence-corrected chi connectivity index (χ4v) is 2.77. The molecule has 1 saturated heterocycles. The van der Waals surface area contributed by atoms with Crippen LogP contribution in [0.4, 0.5) is 0 Å². The van der Waals surface area contributed by atoms with Crippen LogP contribution in [0.5, 0.6) is 0 Å². The van der Waals surface area contributed by atoms with E-state index in [2.05, 4.69) is 0 Å². The van der Waals surface area contributed by atoms with Gasteiger partial charge in [0.15, 0.2) is 0 Å². The highest BCUT2D eigenvalue weighted by Gasteiger charge is 2.44. The topological polar surface area (TPSA) is 46.6 Å². The fourth-order valence-electron chi connectivity index (χ4n) is 2.77. The number of nitrogens with zero attached hydrogens (tertiary/aromatic N) is 1. The molecule has 0 spiro atoms. The van der Waals surface area contributed by atoms with Crippen LogP contribution >= 0.6 is 0 Å². The molecule has 1 amide bonds. The Morgan fingerprint density at radius 3 is 2.23 bits per heavy atom. The van der Waals surface area contributed by atoms with Gasteiger partial charge in [-0.1, -0.05) is 60.7 Å². The summed E-state index contributed by atoms with van der Waals surface area (Å²) in [5.41, 5.74) is 1.81. The molecule has 1 fully saturated rings. The number of carbonyl (C=O) groups excluding carboxylic acids is 2. The zero-order valence-corrected chi connectivity index (χ0v) is 12.3. The van der Waals surface area contributed by atoms with E-state index in [0.29, 0.717) is 6.42 Å². The fraction of sp³-hybridized carbons (Fsp3) is 0.222. The molecule has 0 aromatic heterocycles. The lowest BCUT2D eigenvalue weighted by Crippen LogP contribution is -2.39. The van der Waals surface area contributed by atoms with Crippen LogP contribution in [0.1, 0.15) is 24.3 Å². The summed E-state index contributed by atoms with van der Waals surface area (Å²) < 4.78 is 5.47. The van der Waals surface area contributed by atoms with E-state index in [1.54, 1.807) is 0 Å². The second-order valence-corrected chi connectivity index (χ2v) is 5.33. The van der Waals surface area contributed by atoms with E-state index >= 15 is 0 Å². The Morgan fingerprint density at radius 1 is 1.05 bits per heavy atom. The average molecular weight is 295 g/mol. The zero-order chi connectivity index (χ0) is 15.5. The van der Waals surface area contributed by atoms with E-state index in [4.69, 9.17) is 4.74 Å². The number of hydrogen-bond donors (Lipinski definition) is 0. The largest absolute Gasteiger partial charge is 0.435 e. The molecule has 22 heavy (non-hydrogen) atoms. The van der Waals surface area contributed by atoms with Crippen molar-refractivity contribution in [1.82, 2.24) is 4.90 Å². The quantitative estimate of drug-likeness (QED) is 0.818. The van der Waals surface area contributed by atoms with Crippen LogP contribution in [0.3, 0.4) is 0 Å². The number of rotatable bonds is 3. The minimum Gasteiger partial charge on any atom is -0.435 e. The Kier molecular flexibility index (Phi) is 3.92. The molecule has 1 aliphatic rings. The second-order valence-electron chi connectivity index (χ2n) is 5.33. The molecule has 2 aromatic rings. The summed E-state index contributed by atoms with van der Waals surface area (Å²) in [5, 5.41) is 0. The van der Waals surface area contributed by atoms with E-state index in [1.807, 2.05) is 60.7 Å². The maximum Gasteiger partial charge on any atom is 0.331 e. The number of benzene rings is 2. The number of amides is 1. The summed E-state index contributed by atoms with van der Waals surface area (Å²) in [4.78, 5) is 25.9. The van der Waals surface area contributed by atoms with Crippen molar-refractivity contribution in [3.63, 3.8) is 0 Å². The molecule has 3 rings (SSSR count). The van der Waals surface area contributed by atoms with Crippen molar-refractivity contribution in [2.45, 2.75) is 25.6 Å². The zero-order valence-electron chi connectivity index (χ0n) is 12.3. The lowest BCUT2D eigenvalue weighted by atomic mass is 10.0. The van der Waals surface area contributed by atoms with Crippen LogP contribution in [0.15, 0.2) is 60.7 Å². The molecular weight excluding hydrogens is 278 g/mol. The van der Waals surface area contributed by atoms with Crippen LogP contribution in [-0.2, 0) is 20.7 Å². The van der Waals surface area contributed by atoms with E-state index in [9.17, 15) is 9.59 Å². The summed E-state index contributed by atoms with van der Waals surface area (Å²) in [5.74, 6) is -0.520. The summed E-state index contributed by atoms with van der Waals surface area (Å²) in [6.07, 6.45) is -0.178. The summed E-state index contributed by atoms with van der Waals surface area (Å²) in [7, 11) is 0. The Bertz CT molecular complexity index is 669. The number of carbonyl (C=O) groups is 2. The van der Waals surface area contributed by atoms with Crippen molar-refractivity contribution in [3.8, 4) is 0 Å². The number of esters is 1. The molecule has 0 saturated carbocycles. The second kappa shape index (κ2) is 6.02. The average Bonchev–Trinajstić information content (AvgIpc) is 2.86. The summed E-state index contributed by atoms with van der Waals surface area (Å²) in [6.45, 7) is 1.47. The predicted molar refractivity (Wildman–Crippen MR) is 81.7 cm³/mol. The number of ether oxygens (including phenoxy) is 1. The van der Waals surface area contributed by atoms with E-state index in [0.717, 1.165) is 11.1 Å². The van der Waals surface area contributed by atoms with Crippen LogP contribution in [0, 0.1) is 0 Å². The lowest BCUT2D eigenvalue weighted by molar-refractivity contribution is -0.143. The SMILES string of the molecule is CC(=O)N1[C@H](Cc2ccccc2)C(=O)O[C@H]1c1ccccc1. The van der Waals surface area contributed by atoms with Gasteiger partial charge in [0.25, 0.3) is 0 Å². The normalized spacial score (nSPS) is 20.8. The molecule has 112 valence electrons. The smallest absolute Gasteiger partial charge is 0.331 e. The van der Waals surface area contributed by atoms with Gasteiger partial charge in [0.1, 0.15) is 6.04 Å². The Labute approximate surface area is 129 Å². The first-order valence-corrected chi connectivity index (χ1v) is 7.25. The van der Waals surface area contributed by atoms with Crippen molar-refractivity contribution >= 4 is 11.9 Å². The maximum atomic E-state index is 12.3. The van der Waals surface area contributed by atoms with Crippen molar-refractivity contribution in [2.24, 2.45) is 0 Å². The van der Waals surface area contributed by atoms with Gasteiger partial charge >= 0.3 is 5.97 Å². The van der Waals surface area contributed by atoms with Gasteiger partial charge < -0.3 is 4.74 Å². The van der Waals surface area contributed by atoms with Crippen LogP contribution in [0.2, 0.25) is 0 Å². The molecule has 0 radical (unpaired) electrons. The van der Waals surface area contributed by atoms with Gasteiger partial charge in [-0.2, -0.15) is 0 Å². The molecule has 2 aromatic carbocycles. The van der Waals surface area contributed by atoms with E-state index in [1.165, 1.54) is 11.8 Å². The maximum absolute atomic E-state index is 12.3. The monoisotopic (exact) mass is 295 g/mol. The minimum atomic E-state index is -0.639. The molecule has 0 bridgehead atoms. The van der Waals surface area contributed by atoms with Crippen molar-refractivity contribution < 1.29 is 14.3 Å². The third kappa shape index (κ3) is 2.72. The van der Waals surface area contributed by atoms with Crippen LogP contribution in [-0.4, -0.2) is 22.8 Å². The van der Waals surface area contributed by atoms with Gasteiger partial charge in [-0.3, -0.25) is 9.69 Å². The summed E-state index contributed by atoms with van der Waals surface area (Å²) in [6, 6.07) is 18.4. The first kappa shape index (κ1) is 14.3. The first-order valence-electron chi connectivity index (χ1n) is 7.25. The van der Waals surface area contributed by atoms with E-state index in [-0.39, 0.29) is 11.9 Å². The van der Waals surface area contributed by atoms with Gasteiger partial charge in [0.05, 0.1) is 0 Å². The first-order chi connectivity index (χ1) is 10.7. The highest BCUT2D eigenvalue weighted by atomic mass is 16.6. The molecule has 0 aliphatic carbocycles. The van der Waals surface area contributed by atoms with Gasteiger partial charge in [0, 0.05) is 18.9 Å². The molecule has 0 unspecified atom stereocenters. The third-order valence-corrected chi connectivity index (χ3v) is 3.81. The Hall–Kier alpha value is -2.62. The summed E-state index contributed by atoms with van der Waals surface area (Å²) >= 11 is 0.